The Balaban J connectivity index is 1.63. The third-order valence-electron chi connectivity index (χ3n) is 5.96. The van der Waals surface area contributed by atoms with E-state index in [1.165, 1.54) is 11.1 Å². The summed E-state index contributed by atoms with van der Waals surface area (Å²) in [6, 6.07) is 28.5. The fourth-order valence-electron chi connectivity index (χ4n) is 4.46. The molecule has 3 aromatic carbocycles. The van der Waals surface area contributed by atoms with E-state index in [1.54, 1.807) is 4.68 Å². The SMILES string of the molecule is CCC(=NC1Cc2ccccc2C1)c1c(-c2ccccc2)[nH]n(-c2ccccc2)c1=O. The Labute approximate surface area is 181 Å². The zero-order valence-corrected chi connectivity index (χ0v) is 17.6. The number of para-hydroxylation sites is 1. The fraction of sp³-hybridized carbons (Fsp3) is 0.185. The van der Waals surface area contributed by atoms with Crippen LogP contribution in [-0.4, -0.2) is 21.5 Å². The van der Waals surface area contributed by atoms with Gasteiger partial charge in [-0.05, 0) is 42.5 Å². The van der Waals surface area contributed by atoms with Gasteiger partial charge in [-0.1, -0.05) is 79.7 Å². The van der Waals surface area contributed by atoms with Crippen LogP contribution in [0.15, 0.2) is 94.7 Å². The van der Waals surface area contributed by atoms with Gasteiger partial charge in [-0.3, -0.25) is 14.9 Å². The summed E-state index contributed by atoms with van der Waals surface area (Å²) in [7, 11) is 0. The summed E-state index contributed by atoms with van der Waals surface area (Å²) >= 11 is 0. The molecule has 5 rings (SSSR count). The first-order chi connectivity index (χ1) is 15.2. The maximum Gasteiger partial charge on any atom is 0.280 e. The van der Waals surface area contributed by atoms with Crippen LogP contribution in [0.1, 0.15) is 30.0 Å². The summed E-state index contributed by atoms with van der Waals surface area (Å²) in [6.45, 7) is 2.08. The van der Waals surface area contributed by atoms with Gasteiger partial charge in [-0.25, -0.2) is 4.68 Å². The monoisotopic (exact) mass is 407 g/mol. The van der Waals surface area contributed by atoms with Gasteiger partial charge in [0.1, 0.15) is 0 Å². The molecule has 1 N–H and O–H groups in total. The van der Waals surface area contributed by atoms with E-state index in [2.05, 4.69) is 36.3 Å². The van der Waals surface area contributed by atoms with Crippen molar-refractivity contribution in [2.24, 2.45) is 4.99 Å². The second kappa shape index (κ2) is 8.23. The Bertz CT molecular complexity index is 1260. The van der Waals surface area contributed by atoms with Crippen LogP contribution in [0, 0.1) is 0 Å². The molecule has 0 unspecified atom stereocenters. The number of rotatable bonds is 5. The number of aromatic amines is 1. The number of aromatic nitrogens is 2. The van der Waals surface area contributed by atoms with Gasteiger partial charge in [-0.15, -0.1) is 0 Å². The normalized spacial score (nSPS) is 14.0. The topological polar surface area (TPSA) is 50.1 Å². The van der Waals surface area contributed by atoms with Crippen molar-refractivity contribution in [3.05, 3.63) is 112 Å². The number of benzene rings is 3. The molecular formula is C27H25N3O. The molecule has 1 aliphatic rings. The van der Waals surface area contributed by atoms with Crippen molar-refractivity contribution in [3.63, 3.8) is 0 Å². The minimum absolute atomic E-state index is 0.0545. The first-order valence-corrected chi connectivity index (χ1v) is 10.8. The summed E-state index contributed by atoms with van der Waals surface area (Å²) in [4.78, 5) is 18.7. The molecule has 0 spiro atoms. The molecule has 154 valence electrons. The van der Waals surface area contributed by atoms with Crippen molar-refractivity contribution in [2.45, 2.75) is 32.2 Å². The van der Waals surface area contributed by atoms with E-state index >= 15 is 0 Å². The standard InChI is InChI=1S/C27H25N3O/c1-2-24(28-22-17-20-13-9-10-14-21(20)18-22)25-26(19-11-5-3-6-12-19)29-30(27(25)31)23-15-7-4-8-16-23/h3-16,22,29H,2,17-18H2,1H3. The molecule has 0 radical (unpaired) electrons. The number of hydrogen-bond acceptors (Lipinski definition) is 2. The Kier molecular flexibility index (Phi) is 5.13. The quantitative estimate of drug-likeness (QED) is 0.454. The first-order valence-electron chi connectivity index (χ1n) is 10.8. The van der Waals surface area contributed by atoms with E-state index in [9.17, 15) is 4.79 Å². The molecular weight excluding hydrogens is 382 g/mol. The van der Waals surface area contributed by atoms with Crippen molar-refractivity contribution in [1.29, 1.82) is 0 Å². The van der Waals surface area contributed by atoms with Crippen LogP contribution in [0.2, 0.25) is 0 Å². The van der Waals surface area contributed by atoms with Crippen LogP contribution >= 0.6 is 0 Å². The highest BCUT2D eigenvalue weighted by atomic mass is 16.1. The van der Waals surface area contributed by atoms with Gasteiger partial charge in [0.2, 0.25) is 0 Å². The maximum absolute atomic E-state index is 13.6. The van der Waals surface area contributed by atoms with Gasteiger partial charge >= 0.3 is 0 Å². The van der Waals surface area contributed by atoms with Crippen LogP contribution in [0.4, 0.5) is 0 Å². The van der Waals surface area contributed by atoms with Crippen LogP contribution in [0.25, 0.3) is 16.9 Å². The Morgan fingerprint density at radius 2 is 1.48 bits per heavy atom. The zero-order valence-electron chi connectivity index (χ0n) is 17.6. The average Bonchev–Trinajstić information content (AvgIpc) is 3.39. The second-order valence-corrected chi connectivity index (χ2v) is 7.96. The Morgan fingerprint density at radius 3 is 2.10 bits per heavy atom. The number of nitrogens with one attached hydrogen (secondary N) is 1. The lowest BCUT2D eigenvalue weighted by molar-refractivity contribution is 0.721. The molecule has 0 bridgehead atoms. The van der Waals surface area contributed by atoms with Crippen LogP contribution in [0.5, 0.6) is 0 Å². The minimum Gasteiger partial charge on any atom is -0.290 e. The van der Waals surface area contributed by atoms with E-state index in [0.29, 0.717) is 12.0 Å². The smallest absolute Gasteiger partial charge is 0.280 e. The predicted octanol–water partition coefficient (Wildman–Crippen LogP) is 5.20. The summed E-state index contributed by atoms with van der Waals surface area (Å²) < 4.78 is 1.63. The van der Waals surface area contributed by atoms with E-state index in [0.717, 1.165) is 35.5 Å². The number of H-pyrrole nitrogens is 1. The Morgan fingerprint density at radius 1 is 0.903 bits per heavy atom. The molecule has 4 heteroatoms. The molecule has 31 heavy (non-hydrogen) atoms. The molecule has 0 atom stereocenters. The molecule has 0 fully saturated rings. The molecule has 4 nitrogen and oxygen atoms in total. The van der Waals surface area contributed by atoms with E-state index in [-0.39, 0.29) is 11.6 Å². The van der Waals surface area contributed by atoms with E-state index in [1.807, 2.05) is 60.7 Å². The van der Waals surface area contributed by atoms with Gasteiger partial charge in [0.25, 0.3) is 5.56 Å². The number of hydrogen-bond donors (Lipinski definition) is 1. The Hall–Kier alpha value is -3.66. The molecule has 1 aromatic heterocycles. The van der Waals surface area contributed by atoms with E-state index in [4.69, 9.17) is 4.99 Å². The largest absolute Gasteiger partial charge is 0.290 e. The summed E-state index contributed by atoms with van der Waals surface area (Å²) in [5.74, 6) is 0. The summed E-state index contributed by atoms with van der Waals surface area (Å²) in [6.07, 6.45) is 2.56. The minimum atomic E-state index is -0.0545. The molecule has 4 aromatic rings. The molecule has 0 saturated carbocycles. The third-order valence-corrected chi connectivity index (χ3v) is 5.96. The first kappa shape index (κ1) is 19.3. The highest BCUT2D eigenvalue weighted by Gasteiger charge is 2.24. The highest BCUT2D eigenvalue weighted by molar-refractivity contribution is 6.05. The van der Waals surface area contributed by atoms with Gasteiger partial charge in [0.15, 0.2) is 0 Å². The summed E-state index contributed by atoms with van der Waals surface area (Å²) in [5, 5.41) is 3.36. The third kappa shape index (κ3) is 3.66. The second-order valence-electron chi connectivity index (χ2n) is 7.96. The van der Waals surface area contributed by atoms with Gasteiger partial charge in [-0.2, -0.15) is 0 Å². The van der Waals surface area contributed by atoms with Crippen molar-refractivity contribution >= 4 is 5.71 Å². The average molecular weight is 408 g/mol. The molecule has 0 aliphatic heterocycles. The van der Waals surface area contributed by atoms with Crippen LogP contribution in [-0.2, 0) is 12.8 Å². The van der Waals surface area contributed by atoms with E-state index < -0.39 is 0 Å². The van der Waals surface area contributed by atoms with Crippen molar-refractivity contribution in [1.82, 2.24) is 9.78 Å². The highest BCUT2D eigenvalue weighted by Crippen LogP contribution is 2.26. The molecule has 0 saturated heterocycles. The molecule has 1 aliphatic carbocycles. The lowest BCUT2D eigenvalue weighted by Crippen LogP contribution is -2.22. The van der Waals surface area contributed by atoms with Crippen molar-refractivity contribution in [3.8, 4) is 16.9 Å². The van der Waals surface area contributed by atoms with Crippen LogP contribution < -0.4 is 5.56 Å². The van der Waals surface area contributed by atoms with Gasteiger partial charge < -0.3 is 0 Å². The zero-order chi connectivity index (χ0) is 21.2. The lowest BCUT2D eigenvalue weighted by atomic mass is 10.0. The summed E-state index contributed by atoms with van der Waals surface area (Å²) in [5.41, 5.74) is 6.85. The molecule has 0 amide bonds. The lowest BCUT2D eigenvalue weighted by Gasteiger charge is -2.09. The van der Waals surface area contributed by atoms with Gasteiger partial charge in [0.05, 0.1) is 23.0 Å². The number of fused-ring (bicyclic) bond motifs is 1. The van der Waals surface area contributed by atoms with Gasteiger partial charge in [0, 0.05) is 11.3 Å². The predicted molar refractivity (Wildman–Crippen MR) is 126 cm³/mol. The maximum atomic E-state index is 13.6. The molecule has 1 heterocycles. The number of aliphatic imine (C=N–C) groups is 1. The number of nitrogens with zero attached hydrogens (tertiary/aromatic N) is 2. The van der Waals surface area contributed by atoms with Crippen LogP contribution in [0.3, 0.4) is 0 Å². The van der Waals surface area contributed by atoms with Crippen molar-refractivity contribution in [2.75, 3.05) is 0 Å². The fourth-order valence-corrected chi connectivity index (χ4v) is 4.46. The van der Waals surface area contributed by atoms with Crippen molar-refractivity contribution < 1.29 is 0 Å².